The quantitative estimate of drug-likeness (QED) is 0.0576. The summed E-state index contributed by atoms with van der Waals surface area (Å²) in [7, 11) is -16.9. The number of aromatic hydroxyl groups is 1. The lowest BCUT2D eigenvalue weighted by Gasteiger charge is -2.13. The second-order valence-corrected chi connectivity index (χ2v) is 16.6. The van der Waals surface area contributed by atoms with E-state index < -0.39 is 66.1 Å². The van der Waals surface area contributed by atoms with Crippen LogP contribution in [0.5, 0.6) is 17.5 Å². The molecule has 0 radical (unpaired) electrons. The van der Waals surface area contributed by atoms with E-state index in [9.17, 15) is 57.0 Å². The number of aromatic nitrogens is 3. The van der Waals surface area contributed by atoms with Crippen LogP contribution in [0.25, 0.3) is 0 Å². The molecule has 4 aromatic carbocycles. The van der Waals surface area contributed by atoms with Crippen LogP contribution in [0.15, 0.2) is 113 Å². The van der Waals surface area contributed by atoms with E-state index in [0.717, 1.165) is 24.3 Å². The molecular weight excluding hydrogens is 843 g/mol. The number of benzene rings is 4. The van der Waals surface area contributed by atoms with Crippen molar-refractivity contribution in [3.8, 4) is 17.5 Å². The summed E-state index contributed by atoms with van der Waals surface area (Å²) in [6.45, 7) is 0. The smallest absolute Gasteiger partial charge is 0.320 e. The topological polar surface area (TPSA) is 368 Å². The molecule has 57 heavy (non-hydrogen) atoms. The van der Waals surface area contributed by atoms with Crippen LogP contribution in [0.1, 0.15) is 0 Å². The Bertz CT molecular complexity index is 2620. The van der Waals surface area contributed by atoms with E-state index in [0.29, 0.717) is 12.1 Å². The van der Waals surface area contributed by atoms with Gasteiger partial charge in [0, 0.05) is 12.1 Å². The van der Waals surface area contributed by atoms with Crippen LogP contribution in [0, 0.1) is 0 Å². The molecule has 0 aliphatic carbocycles. The maximum Gasteiger partial charge on any atom is 0.320 e. The molecule has 0 aliphatic heterocycles. The van der Waals surface area contributed by atoms with E-state index in [1.54, 1.807) is 0 Å². The zero-order valence-electron chi connectivity index (χ0n) is 28.5. The fourth-order valence-electron chi connectivity index (χ4n) is 4.46. The Morgan fingerprint density at radius 2 is 0.789 bits per heavy atom. The average molecular weight is 868 g/mol. The number of hydrogen-bond donors (Lipinski definition) is 7. The normalized spacial score (nSPS) is 12.5. The Labute approximate surface area is 322 Å². The Hall–Kier alpha value is -6.27. The zero-order chi connectivity index (χ0) is 41.9. The van der Waals surface area contributed by atoms with Gasteiger partial charge in [-0.2, -0.15) is 69.1 Å². The largest absolute Gasteiger partial charge is 0.494 e. The standard InChI is InChI=1S/C29H25N9O15S4/c1-52-25-11-15(35-37-17-7-19(54(40,41)42)13-20(8-17)55(43,44)45)3-5-23(25)30-27-32-28(34-29(39)33-27)31-24-6-4-16(12-26(24)53-2)36-38-18-9-21(56(46,47)48)14-22(10-18)57(49,50)51/h3-14H,1-2H3,(H,40,41,42)(H,43,44,45)(H,46,47,48)(H,49,50,51)(H3,30,31,32,33,34,39)/b37-35+,38-36+. The van der Waals surface area contributed by atoms with Gasteiger partial charge in [-0.15, -0.1) is 0 Å². The summed E-state index contributed by atoms with van der Waals surface area (Å²) in [4.78, 5) is 8.43. The lowest BCUT2D eigenvalue weighted by molar-refractivity contribution is 0.416. The molecule has 5 rings (SSSR count). The van der Waals surface area contributed by atoms with Crippen molar-refractivity contribution in [2.45, 2.75) is 19.6 Å². The molecule has 0 aliphatic rings. The summed E-state index contributed by atoms with van der Waals surface area (Å²) in [6.07, 6.45) is 0. The van der Waals surface area contributed by atoms with Gasteiger partial charge in [0.05, 0.1) is 67.9 Å². The summed E-state index contributed by atoms with van der Waals surface area (Å²) in [5.41, 5.74) is -0.0318. The van der Waals surface area contributed by atoms with Crippen molar-refractivity contribution >= 4 is 86.5 Å². The first-order valence-electron chi connectivity index (χ1n) is 14.9. The third kappa shape index (κ3) is 10.9. The number of hydrogen-bond acceptors (Lipinski definition) is 20. The number of nitrogens with one attached hydrogen (secondary N) is 2. The van der Waals surface area contributed by atoms with E-state index in [1.807, 2.05) is 0 Å². The van der Waals surface area contributed by atoms with E-state index in [1.165, 1.54) is 50.6 Å². The molecule has 5 aromatic rings. The molecule has 0 spiro atoms. The number of methoxy groups -OCH3 is 2. The van der Waals surface area contributed by atoms with Crippen molar-refractivity contribution in [1.82, 2.24) is 15.0 Å². The third-order valence-corrected chi connectivity index (χ3v) is 10.3. The molecule has 24 nitrogen and oxygen atoms in total. The fraction of sp³-hybridized carbons (Fsp3) is 0.0690. The monoisotopic (exact) mass is 867 g/mol. The van der Waals surface area contributed by atoms with Gasteiger partial charge < -0.3 is 25.2 Å². The summed E-state index contributed by atoms with van der Waals surface area (Å²) < 4.78 is 141. The number of azo groups is 2. The van der Waals surface area contributed by atoms with Gasteiger partial charge in [-0.05, 0) is 60.7 Å². The Morgan fingerprint density at radius 3 is 1.09 bits per heavy atom. The first-order chi connectivity index (χ1) is 26.5. The molecule has 1 aromatic heterocycles. The Morgan fingerprint density at radius 1 is 0.474 bits per heavy atom. The van der Waals surface area contributed by atoms with Gasteiger partial charge in [-0.1, -0.05) is 0 Å². The highest BCUT2D eigenvalue weighted by Crippen LogP contribution is 2.35. The molecule has 0 bridgehead atoms. The predicted molar refractivity (Wildman–Crippen MR) is 195 cm³/mol. The van der Waals surface area contributed by atoms with E-state index in [-0.39, 0.29) is 57.5 Å². The molecule has 0 fully saturated rings. The van der Waals surface area contributed by atoms with Crippen LogP contribution in [0.4, 0.5) is 46.0 Å². The van der Waals surface area contributed by atoms with Gasteiger partial charge in [0.2, 0.25) is 11.9 Å². The van der Waals surface area contributed by atoms with Gasteiger partial charge in [0.1, 0.15) is 11.5 Å². The van der Waals surface area contributed by atoms with Crippen LogP contribution >= 0.6 is 0 Å². The highest BCUT2D eigenvalue weighted by molar-refractivity contribution is 7.87. The van der Waals surface area contributed by atoms with Crippen molar-refractivity contribution < 1.29 is 66.5 Å². The van der Waals surface area contributed by atoms with Crippen molar-refractivity contribution in [1.29, 1.82) is 0 Å². The molecular formula is C29H25N9O15S4. The lowest BCUT2D eigenvalue weighted by Crippen LogP contribution is -2.05. The number of anilines is 4. The van der Waals surface area contributed by atoms with Crippen LogP contribution < -0.4 is 20.1 Å². The number of ether oxygens (including phenoxy) is 2. The van der Waals surface area contributed by atoms with E-state index in [4.69, 9.17) is 9.47 Å². The fourth-order valence-corrected chi connectivity index (χ4v) is 6.80. The molecule has 1 heterocycles. The van der Waals surface area contributed by atoms with Gasteiger partial charge in [0.25, 0.3) is 40.5 Å². The van der Waals surface area contributed by atoms with E-state index >= 15 is 0 Å². The Kier molecular flexibility index (Phi) is 11.8. The SMILES string of the molecule is COc1cc(/N=N/c2cc(S(=O)(=O)O)cc(S(=O)(=O)O)c2)ccc1Nc1nc(O)nc(Nc2ccc(/N=N/c3cc(S(=O)(=O)O)cc(S(=O)(=O)O)c3)cc2OC)n1. The zero-order valence-corrected chi connectivity index (χ0v) is 31.8. The van der Waals surface area contributed by atoms with E-state index in [2.05, 4.69) is 46.0 Å². The average Bonchev–Trinajstić information content (AvgIpc) is 3.12. The van der Waals surface area contributed by atoms with Gasteiger partial charge in [-0.25, -0.2) is 0 Å². The van der Waals surface area contributed by atoms with Gasteiger partial charge >= 0.3 is 6.01 Å². The van der Waals surface area contributed by atoms with Crippen molar-refractivity contribution in [2.24, 2.45) is 20.5 Å². The minimum Gasteiger partial charge on any atom is -0.494 e. The third-order valence-electron chi connectivity index (χ3n) is 6.97. The van der Waals surface area contributed by atoms with Crippen molar-refractivity contribution in [2.75, 3.05) is 24.9 Å². The van der Waals surface area contributed by atoms with Crippen molar-refractivity contribution in [3.63, 3.8) is 0 Å². The van der Waals surface area contributed by atoms with Gasteiger partial charge in [0.15, 0.2) is 0 Å². The molecule has 0 saturated carbocycles. The molecule has 0 unspecified atom stereocenters. The van der Waals surface area contributed by atoms with Crippen LogP contribution in [-0.4, -0.2) is 86.2 Å². The minimum absolute atomic E-state index is 0.105. The molecule has 28 heteroatoms. The molecule has 300 valence electrons. The second-order valence-electron chi connectivity index (χ2n) is 10.9. The second kappa shape index (κ2) is 16.1. The maximum atomic E-state index is 11.6. The number of nitrogens with zero attached hydrogens (tertiary/aromatic N) is 7. The summed E-state index contributed by atoms with van der Waals surface area (Å²) in [6, 6.07) is 12.0. The first-order valence-corrected chi connectivity index (χ1v) is 20.7. The summed E-state index contributed by atoms with van der Waals surface area (Å²) in [5, 5.41) is 31.3. The lowest BCUT2D eigenvalue weighted by atomic mass is 10.2. The number of rotatable bonds is 14. The highest BCUT2D eigenvalue weighted by Gasteiger charge is 2.20. The van der Waals surface area contributed by atoms with Gasteiger partial charge in [-0.3, -0.25) is 18.2 Å². The highest BCUT2D eigenvalue weighted by atomic mass is 32.2. The predicted octanol–water partition coefficient (Wildman–Crippen LogP) is 4.90. The van der Waals surface area contributed by atoms with Crippen molar-refractivity contribution in [3.05, 3.63) is 72.8 Å². The first kappa shape index (κ1) is 41.9. The van der Waals surface area contributed by atoms with Crippen LogP contribution in [0.3, 0.4) is 0 Å². The molecule has 0 atom stereocenters. The van der Waals surface area contributed by atoms with Crippen LogP contribution in [0.2, 0.25) is 0 Å². The molecule has 0 saturated heterocycles. The maximum absolute atomic E-state index is 11.6. The summed E-state index contributed by atoms with van der Waals surface area (Å²) in [5.74, 6) is -0.149. The Balaban J connectivity index is 1.36. The van der Waals surface area contributed by atoms with Crippen LogP contribution in [-0.2, 0) is 40.5 Å². The molecule has 0 amide bonds. The molecule has 7 N–H and O–H groups in total. The summed E-state index contributed by atoms with van der Waals surface area (Å²) >= 11 is 0. The minimum atomic E-state index is -4.89.